The van der Waals surface area contributed by atoms with Crippen LogP contribution in [-0.2, 0) is 18.9 Å². The van der Waals surface area contributed by atoms with Crippen LogP contribution < -0.4 is 0 Å². The molecule has 0 amide bonds. The predicted octanol–water partition coefficient (Wildman–Crippen LogP) is 6.09. The van der Waals surface area contributed by atoms with Crippen LogP contribution >= 0.6 is 0 Å². The maximum absolute atomic E-state index is 14.5. The molecule has 1 heterocycles. The molecule has 0 unspecified atom stereocenters. The molecule has 0 saturated heterocycles. The van der Waals surface area contributed by atoms with Gasteiger partial charge in [0.05, 0.1) is 12.1 Å². The van der Waals surface area contributed by atoms with Crippen molar-refractivity contribution in [3.63, 3.8) is 0 Å². The van der Waals surface area contributed by atoms with Crippen LogP contribution in [0.25, 0.3) is 11.1 Å². The second-order valence-electron chi connectivity index (χ2n) is 7.64. The number of aromatic nitrogens is 3. The fourth-order valence-corrected chi connectivity index (χ4v) is 3.43. The second-order valence-corrected chi connectivity index (χ2v) is 7.64. The summed E-state index contributed by atoms with van der Waals surface area (Å²) in [4.78, 5) is 15.7. The number of nitrogens with zero attached hydrogens (tertiary/aromatic N) is 3. The van der Waals surface area contributed by atoms with Gasteiger partial charge in [-0.3, -0.25) is 0 Å². The highest BCUT2D eigenvalue weighted by Gasteiger charge is 2.36. The average molecular weight is 440 g/mol. The minimum absolute atomic E-state index is 0.227. The van der Waals surface area contributed by atoms with Crippen LogP contribution in [0.1, 0.15) is 60.7 Å². The largest absolute Gasteiger partial charge is 0.478 e. The number of halogens is 2. The van der Waals surface area contributed by atoms with Crippen molar-refractivity contribution in [1.29, 1.82) is 0 Å². The van der Waals surface area contributed by atoms with E-state index in [9.17, 15) is 18.7 Å². The van der Waals surface area contributed by atoms with Gasteiger partial charge in [0.1, 0.15) is 5.82 Å². The topological polar surface area (TPSA) is 68.0 Å². The van der Waals surface area contributed by atoms with Crippen LogP contribution in [0, 0.1) is 0 Å². The Kier molecular flexibility index (Phi) is 7.51. The third-order valence-corrected chi connectivity index (χ3v) is 5.22. The molecule has 3 aromatic rings. The van der Waals surface area contributed by atoms with Crippen LogP contribution in [0.5, 0.6) is 0 Å². The molecule has 1 aromatic heterocycles. The molecular weight excluding hydrogens is 412 g/mol. The van der Waals surface area contributed by atoms with Gasteiger partial charge in [-0.2, -0.15) is 8.78 Å². The molecule has 0 aliphatic carbocycles. The van der Waals surface area contributed by atoms with E-state index in [0.717, 1.165) is 11.1 Å². The van der Waals surface area contributed by atoms with E-state index in [2.05, 4.69) is 10.1 Å². The van der Waals surface area contributed by atoms with Crippen molar-refractivity contribution in [2.45, 2.75) is 52.0 Å². The Balaban J connectivity index is 1.87. The molecule has 3 rings (SSSR count). The summed E-state index contributed by atoms with van der Waals surface area (Å²) in [6, 6.07) is 14.2. The van der Waals surface area contributed by atoms with Crippen molar-refractivity contribution < 1.29 is 18.7 Å². The number of alkyl halides is 2. The molecule has 0 radical (unpaired) electrons. The minimum Gasteiger partial charge on any atom is -0.478 e. The Labute approximate surface area is 186 Å². The molecule has 1 N–H and O–H groups in total. The number of aromatic carboxylic acids is 1. The molecular formula is C25H27F2N3O2. The first-order valence-electron chi connectivity index (χ1n) is 10.7. The van der Waals surface area contributed by atoms with Crippen molar-refractivity contribution in [2.75, 3.05) is 0 Å². The first-order valence-corrected chi connectivity index (χ1v) is 10.7. The fourth-order valence-electron chi connectivity index (χ4n) is 3.43. The predicted molar refractivity (Wildman–Crippen MR) is 120 cm³/mol. The molecule has 0 aliphatic heterocycles. The maximum atomic E-state index is 14.5. The summed E-state index contributed by atoms with van der Waals surface area (Å²) in [5, 5.41) is 13.5. The van der Waals surface area contributed by atoms with E-state index in [0.29, 0.717) is 37.2 Å². The van der Waals surface area contributed by atoms with Crippen LogP contribution in [0.2, 0.25) is 0 Å². The van der Waals surface area contributed by atoms with Crippen molar-refractivity contribution >= 4 is 5.97 Å². The zero-order valence-electron chi connectivity index (χ0n) is 18.3. The highest BCUT2D eigenvalue weighted by Crippen LogP contribution is 2.31. The Bertz CT molecular complexity index is 1090. The van der Waals surface area contributed by atoms with Crippen LogP contribution in [0.4, 0.5) is 8.78 Å². The minimum atomic E-state index is -3.06. The number of carboxylic acids is 1. The number of carbonyl (C=O) groups is 1. The first kappa shape index (κ1) is 23.3. The average Bonchev–Trinajstić information content (AvgIpc) is 3.20. The van der Waals surface area contributed by atoms with Crippen molar-refractivity contribution in [3.05, 3.63) is 83.5 Å². The van der Waals surface area contributed by atoms with Gasteiger partial charge in [0, 0.05) is 12.8 Å². The molecule has 168 valence electrons. The molecule has 5 nitrogen and oxygen atoms in total. The number of allylic oxidation sites excluding steroid dienone is 2. The number of hydrogen-bond donors (Lipinski definition) is 1. The van der Waals surface area contributed by atoms with Gasteiger partial charge in [0.15, 0.2) is 0 Å². The van der Waals surface area contributed by atoms with E-state index in [1.807, 2.05) is 50.3 Å². The Morgan fingerprint density at radius 1 is 1.16 bits per heavy atom. The summed E-state index contributed by atoms with van der Waals surface area (Å²) in [7, 11) is 0. The van der Waals surface area contributed by atoms with E-state index in [1.54, 1.807) is 24.3 Å². The highest BCUT2D eigenvalue weighted by atomic mass is 19.3. The lowest BCUT2D eigenvalue weighted by Crippen LogP contribution is -2.16. The lowest BCUT2D eigenvalue weighted by atomic mass is 9.98. The third-order valence-electron chi connectivity index (χ3n) is 5.22. The summed E-state index contributed by atoms with van der Waals surface area (Å²) >= 11 is 0. The number of carboxylic acid groups (broad SMARTS) is 1. The first-order chi connectivity index (χ1) is 15.4. The zero-order valence-corrected chi connectivity index (χ0v) is 18.3. The third kappa shape index (κ3) is 5.46. The number of benzene rings is 2. The van der Waals surface area contributed by atoms with Gasteiger partial charge in [0.2, 0.25) is 5.82 Å². The lowest BCUT2D eigenvalue weighted by Gasteiger charge is -2.11. The van der Waals surface area contributed by atoms with Crippen molar-refractivity contribution in [1.82, 2.24) is 14.8 Å². The zero-order chi connectivity index (χ0) is 23.1. The van der Waals surface area contributed by atoms with E-state index in [4.69, 9.17) is 0 Å². The van der Waals surface area contributed by atoms with E-state index < -0.39 is 17.7 Å². The van der Waals surface area contributed by atoms with Crippen LogP contribution in [0.3, 0.4) is 0 Å². The molecule has 0 bridgehead atoms. The lowest BCUT2D eigenvalue weighted by molar-refractivity contribution is -0.0245. The van der Waals surface area contributed by atoms with Gasteiger partial charge in [-0.1, -0.05) is 68.0 Å². The second kappa shape index (κ2) is 10.3. The molecule has 0 fully saturated rings. The Morgan fingerprint density at radius 2 is 1.88 bits per heavy atom. The van der Waals surface area contributed by atoms with Crippen LogP contribution in [0.15, 0.2) is 60.7 Å². The summed E-state index contributed by atoms with van der Waals surface area (Å²) in [6.07, 6.45) is 4.85. The molecule has 0 spiro atoms. The molecule has 7 heteroatoms. The highest BCUT2D eigenvalue weighted by molar-refractivity contribution is 5.95. The number of unbranched alkanes of at least 4 members (excludes halogenated alkanes) is 1. The van der Waals surface area contributed by atoms with Crippen molar-refractivity contribution in [2.24, 2.45) is 0 Å². The molecule has 2 aromatic carbocycles. The van der Waals surface area contributed by atoms with Gasteiger partial charge in [-0.25, -0.2) is 14.5 Å². The molecule has 0 saturated carbocycles. The van der Waals surface area contributed by atoms with E-state index in [-0.39, 0.29) is 12.0 Å². The summed E-state index contributed by atoms with van der Waals surface area (Å²) in [5.74, 6) is -4.01. The normalized spacial score (nSPS) is 11.9. The maximum Gasteiger partial charge on any atom is 0.336 e. The summed E-state index contributed by atoms with van der Waals surface area (Å²) < 4.78 is 30.6. The van der Waals surface area contributed by atoms with Gasteiger partial charge < -0.3 is 5.11 Å². The number of rotatable bonds is 10. The SMILES string of the molecule is C/C=C/Cn1nc(C(F)(F)CCCC)nc1Cc1ccc(-c2ccccc2C(=O)O)cc1. The summed E-state index contributed by atoms with van der Waals surface area (Å²) in [5.41, 5.74) is 2.50. The van der Waals surface area contributed by atoms with Crippen molar-refractivity contribution in [3.8, 4) is 11.1 Å². The molecule has 0 aliphatic rings. The quantitative estimate of drug-likeness (QED) is 0.388. The molecule has 0 atom stereocenters. The van der Waals surface area contributed by atoms with Gasteiger partial charge in [-0.05, 0) is 36.1 Å². The fraction of sp³-hybridized carbons (Fsp3) is 0.320. The van der Waals surface area contributed by atoms with E-state index in [1.165, 1.54) is 4.68 Å². The van der Waals surface area contributed by atoms with Crippen LogP contribution in [-0.4, -0.2) is 25.8 Å². The Hall–Kier alpha value is -3.35. The van der Waals surface area contributed by atoms with Gasteiger partial charge in [-0.15, -0.1) is 5.10 Å². The van der Waals surface area contributed by atoms with Gasteiger partial charge >= 0.3 is 11.9 Å². The Morgan fingerprint density at radius 3 is 2.53 bits per heavy atom. The monoisotopic (exact) mass is 439 g/mol. The smallest absolute Gasteiger partial charge is 0.336 e. The molecule has 32 heavy (non-hydrogen) atoms. The van der Waals surface area contributed by atoms with Gasteiger partial charge in [0.25, 0.3) is 0 Å². The van der Waals surface area contributed by atoms with E-state index >= 15 is 0 Å². The standard InChI is InChI=1S/C25H27F2N3O2/c1-3-5-15-25(26,27)24-28-22(30(29-24)16-6-4-2)17-18-11-13-19(14-12-18)20-9-7-8-10-21(20)23(31)32/h4,6-14H,3,5,15-17H2,1-2H3,(H,31,32)/b6-4+. The number of hydrogen-bond acceptors (Lipinski definition) is 3. The summed E-state index contributed by atoms with van der Waals surface area (Å²) in [6.45, 7) is 4.10.